The average molecular weight is 381 g/mol. The molecule has 2 aromatic carbocycles. The van der Waals surface area contributed by atoms with Crippen molar-refractivity contribution in [2.45, 2.75) is 38.5 Å². The van der Waals surface area contributed by atoms with Crippen LogP contribution in [0.5, 0.6) is 0 Å². The molecular weight excluding hydrogens is 356 g/mol. The van der Waals surface area contributed by atoms with Crippen LogP contribution in [0.2, 0.25) is 0 Å². The molecule has 2 amide bonds. The first-order valence-corrected chi connectivity index (χ1v) is 10.5. The third-order valence-corrected chi connectivity index (χ3v) is 6.76. The molecule has 0 bridgehead atoms. The summed E-state index contributed by atoms with van der Waals surface area (Å²) in [5.74, 6) is 0.857. The van der Waals surface area contributed by atoms with Crippen LogP contribution in [-0.2, 0) is 9.59 Å². The van der Waals surface area contributed by atoms with Crippen LogP contribution in [0.3, 0.4) is 0 Å². The van der Waals surface area contributed by atoms with E-state index in [1.165, 1.54) is 11.1 Å². The Morgan fingerprint density at radius 1 is 1.11 bits per heavy atom. The number of aryl methyl sites for hydroxylation is 2. The van der Waals surface area contributed by atoms with Gasteiger partial charge in [-0.15, -0.1) is 11.8 Å². The average Bonchev–Trinajstić information content (AvgIpc) is 2.97. The molecule has 0 radical (unpaired) electrons. The highest BCUT2D eigenvalue weighted by molar-refractivity contribution is 8.00. The molecule has 1 heterocycles. The van der Waals surface area contributed by atoms with E-state index in [1.54, 1.807) is 11.8 Å². The van der Waals surface area contributed by atoms with Crippen LogP contribution in [0.4, 0.5) is 11.4 Å². The van der Waals surface area contributed by atoms with E-state index in [4.69, 9.17) is 0 Å². The molecule has 27 heavy (non-hydrogen) atoms. The number of amides is 2. The summed E-state index contributed by atoms with van der Waals surface area (Å²) in [7, 11) is 0. The van der Waals surface area contributed by atoms with Gasteiger partial charge in [0, 0.05) is 17.3 Å². The normalized spacial score (nSPS) is 19.9. The Morgan fingerprint density at radius 3 is 2.63 bits per heavy atom. The monoisotopic (exact) mass is 380 g/mol. The van der Waals surface area contributed by atoms with Crippen molar-refractivity contribution < 1.29 is 9.59 Å². The Labute approximate surface area is 164 Å². The van der Waals surface area contributed by atoms with E-state index in [0.29, 0.717) is 5.75 Å². The number of thioether (sulfide) groups is 1. The van der Waals surface area contributed by atoms with Crippen LogP contribution in [0.1, 0.15) is 41.3 Å². The number of hydrogen-bond donors (Lipinski definition) is 1. The van der Waals surface area contributed by atoms with Gasteiger partial charge in [0.15, 0.2) is 0 Å². The van der Waals surface area contributed by atoms with Gasteiger partial charge in [-0.1, -0.05) is 24.6 Å². The van der Waals surface area contributed by atoms with Crippen molar-refractivity contribution in [3.05, 3.63) is 59.2 Å². The maximum Gasteiger partial charge on any atom is 0.238 e. The number of nitrogens with zero attached hydrogens (tertiary/aromatic N) is 1. The minimum absolute atomic E-state index is 0.0693. The number of rotatable bonds is 4. The summed E-state index contributed by atoms with van der Waals surface area (Å²) in [6.07, 6.45) is 3.11. The summed E-state index contributed by atoms with van der Waals surface area (Å²) in [6, 6.07) is 14.1. The van der Waals surface area contributed by atoms with Gasteiger partial charge in [-0.25, -0.2) is 0 Å². The van der Waals surface area contributed by atoms with Crippen LogP contribution < -0.4 is 10.2 Å². The Bertz CT molecular complexity index is 892. The molecule has 2 aromatic rings. The van der Waals surface area contributed by atoms with Crippen molar-refractivity contribution in [3.8, 4) is 0 Å². The third kappa shape index (κ3) is 3.61. The maximum atomic E-state index is 12.6. The number of nitrogens with one attached hydrogen (secondary N) is 1. The molecule has 1 aliphatic heterocycles. The largest absolute Gasteiger partial charge is 0.326 e. The van der Waals surface area contributed by atoms with Crippen LogP contribution in [0.15, 0.2) is 42.5 Å². The fourth-order valence-corrected chi connectivity index (χ4v) is 4.68. The second-order valence-electron chi connectivity index (χ2n) is 7.44. The number of benzene rings is 2. The van der Waals surface area contributed by atoms with Crippen molar-refractivity contribution >= 4 is 35.0 Å². The Kier molecular flexibility index (Phi) is 4.96. The van der Waals surface area contributed by atoms with Crippen molar-refractivity contribution in [2.24, 2.45) is 5.92 Å². The summed E-state index contributed by atoms with van der Waals surface area (Å²) in [5.41, 5.74) is 5.18. The van der Waals surface area contributed by atoms with E-state index in [-0.39, 0.29) is 23.1 Å². The molecular formula is C22H24N2O2S. The minimum Gasteiger partial charge on any atom is -0.326 e. The SMILES string of the molecule is Cc1ccc(N2C(=O)CS[C@@H]2c2cccc(NC(=O)C3CCC3)c2)cc1C. The molecule has 1 N–H and O–H groups in total. The Morgan fingerprint density at radius 2 is 1.93 bits per heavy atom. The summed E-state index contributed by atoms with van der Waals surface area (Å²) in [6.45, 7) is 4.14. The highest BCUT2D eigenvalue weighted by Gasteiger charge is 2.34. The molecule has 5 heteroatoms. The highest BCUT2D eigenvalue weighted by Crippen LogP contribution is 2.42. The Balaban J connectivity index is 1.59. The van der Waals surface area contributed by atoms with E-state index in [0.717, 1.165) is 36.2 Å². The third-order valence-electron chi connectivity index (χ3n) is 5.55. The van der Waals surface area contributed by atoms with Crippen LogP contribution >= 0.6 is 11.8 Å². The van der Waals surface area contributed by atoms with Gasteiger partial charge in [-0.05, 0) is 67.6 Å². The minimum atomic E-state index is -0.0693. The lowest BCUT2D eigenvalue weighted by molar-refractivity contribution is -0.122. The van der Waals surface area contributed by atoms with Gasteiger partial charge in [0.25, 0.3) is 0 Å². The molecule has 0 spiro atoms. The van der Waals surface area contributed by atoms with Gasteiger partial charge in [0.05, 0.1) is 5.75 Å². The van der Waals surface area contributed by atoms with E-state index < -0.39 is 0 Å². The van der Waals surface area contributed by atoms with Gasteiger partial charge < -0.3 is 5.32 Å². The van der Waals surface area contributed by atoms with Gasteiger partial charge in [0.1, 0.15) is 5.37 Å². The fourth-order valence-electron chi connectivity index (χ4n) is 3.51. The smallest absolute Gasteiger partial charge is 0.238 e. The summed E-state index contributed by atoms with van der Waals surface area (Å²) in [4.78, 5) is 26.7. The first-order valence-electron chi connectivity index (χ1n) is 9.44. The van der Waals surface area contributed by atoms with Crippen molar-refractivity contribution in [1.29, 1.82) is 0 Å². The summed E-state index contributed by atoms with van der Waals surface area (Å²) >= 11 is 1.63. The fraction of sp³-hybridized carbons (Fsp3) is 0.364. The van der Waals surface area contributed by atoms with Crippen LogP contribution in [0.25, 0.3) is 0 Å². The molecule has 1 atom stereocenters. The molecule has 2 fully saturated rings. The molecule has 0 unspecified atom stereocenters. The molecule has 1 saturated heterocycles. The summed E-state index contributed by atoms with van der Waals surface area (Å²) < 4.78 is 0. The predicted molar refractivity (Wildman–Crippen MR) is 111 cm³/mol. The van der Waals surface area contributed by atoms with Gasteiger partial charge in [-0.2, -0.15) is 0 Å². The van der Waals surface area contributed by atoms with Gasteiger partial charge in [-0.3, -0.25) is 14.5 Å². The van der Waals surface area contributed by atoms with Crippen molar-refractivity contribution in [2.75, 3.05) is 16.0 Å². The lowest BCUT2D eigenvalue weighted by atomic mass is 9.85. The first-order chi connectivity index (χ1) is 13.0. The quantitative estimate of drug-likeness (QED) is 0.827. The molecule has 4 nitrogen and oxygen atoms in total. The molecule has 4 rings (SSSR count). The van der Waals surface area contributed by atoms with Crippen LogP contribution in [0, 0.1) is 19.8 Å². The standard InChI is InChI=1S/C22H24N2O2S/c1-14-9-10-19(11-15(14)2)24-20(25)13-27-22(24)17-7-4-8-18(12-17)23-21(26)16-5-3-6-16/h4,7-12,16,22H,3,5-6,13H2,1-2H3,(H,23,26)/t22-/m1/s1. The van der Waals surface area contributed by atoms with Crippen molar-refractivity contribution in [3.63, 3.8) is 0 Å². The maximum absolute atomic E-state index is 12.6. The van der Waals surface area contributed by atoms with Gasteiger partial charge >= 0.3 is 0 Å². The van der Waals surface area contributed by atoms with Gasteiger partial charge in [0.2, 0.25) is 11.8 Å². The topological polar surface area (TPSA) is 49.4 Å². The molecule has 1 saturated carbocycles. The zero-order chi connectivity index (χ0) is 19.0. The molecule has 1 aliphatic carbocycles. The van der Waals surface area contributed by atoms with E-state index in [1.807, 2.05) is 35.2 Å². The van der Waals surface area contributed by atoms with Crippen molar-refractivity contribution in [1.82, 2.24) is 0 Å². The van der Waals surface area contributed by atoms with E-state index >= 15 is 0 Å². The number of carbonyl (C=O) groups is 2. The summed E-state index contributed by atoms with van der Waals surface area (Å²) in [5, 5.41) is 2.97. The highest BCUT2D eigenvalue weighted by atomic mass is 32.2. The molecule has 2 aliphatic rings. The number of carbonyl (C=O) groups excluding carboxylic acids is 2. The number of anilines is 2. The Hall–Kier alpha value is -2.27. The zero-order valence-corrected chi connectivity index (χ0v) is 16.5. The van der Waals surface area contributed by atoms with E-state index in [2.05, 4.69) is 31.3 Å². The lowest BCUT2D eigenvalue weighted by Crippen LogP contribution is -2.29. The zero-order valence-electron chi connectivity index (χ0n) is 15.7. The van der Waals surface area contributed by atoms with E-state index in [9.17, 15) is 9.59 Å². The molecule has 0 aromatic heterocycles. The second-order valence-corrected chi connectivity index (χ2v) is 8.51. The molecule has 140 valence electrons. The first kappa shape index (κ1) is 18.1. The predicted octanol–water partition coefficient (Wildman–Crippen LogP) is 4.82. The lowest BCUT2D eigenvalue weighted by Gasteiger charge is -2.26. The van der Waals surface area contributed by atoms with Crippen LogP contribution in [-0.4, -0.2) is 17.6 Å². The second kappa shape index (κ2) is 7.39. The number of hydrogen-bond acceptors (Lipinski definition) is 3.